The molecule has 0 aliphatic carbocycles. The number of aromatic hydroxyl groups is 1. The van der Waals surface area contributed by atoms with Crippen LogP contribution in [0, 0.1) is 6.92 Å². The van der Waals surface area contributed by atoms with Crippen molar-refractivity contribution in [2.75, 3.05) is 6.61 Å². The molecule has 0 atom stereocenters. The van der Waals surface area contributed by atoms with E-state index in [0.29, 0.717) is 30.8 Å². The molecule has 2 rings (SSSR count). The molecule has 2 N–H and O–H groups in total. The van der Waals surface area contributed by atoms with Gasteiger partial charge >= 0.3 is 5.97 Å². The van der Waals surface area contributed by atoms with Crippen LogP contribution in [0.15, 0.2) is 0 Å². The van der Waals surface area contributed by atoms with E-state index in [9.17, 15) is 19.5 Å². The fraction of sp³-hybridized carbons (Fsp3) is 0.556. The summed E-state index contributed by atoms with van der Waals surface area (Å²) in [5, 5.41) is 12.2. The predicted octanol–water partition coefficient (Wildman–Crippen LogP) is 2.43. The molecule has 1 aromatic rings. The van der Waals surface area contributed by atoms with Crippen molar-refractivity contribution < 1.29 is 24.2 Å². The largest absolute Gasteiger partial charge is 0.505 e. The molecule has 1 aromatic heterocycles. The van der Waals surface area contributed by atoms with Gasteiger partial charge in [0.1, 0.15) is 5.75 Å². The number of carbonyl (C=O) groups excluding carboxylic acids is 3. The molecule has 1 aliphatic heterocycles. The SMILES string of the molecule is CCOC(=O)CCCCCCCc1nc(C)c(O)c2c1C(=O)NC2=O. The first-order valence-electron chi connectivity index (χ1n) is 8.69. The molecule has 0 spiro atoms. The van der Waals surface area contributed by atoms with Gasteiger partial charge in [0.05, 0.1) is 29.1 Å². The summed E-state index contributed by atoms with van der Waals surface area (Å²) in [4.78, 5) is 39.2. The van der Waals surface area contributed by atoms with Crippen LogP contribution in [-0.4, -0.2) is 34.5 Å². The fourth-order valence-electron chi connectivity index (χ4n) is 2.95. The molecule has 7 nitrogen and oxygen atoms in total. The highest BCUT2D eigenvalue weighted by Crippen LogP contribution is 2.30. The molecular formula is C18H24N2O5. The number of hydrogen-bond donors (Lipinski definition) is 2. The molecule has 2 amide bonds. The molecule has 25 heavy (non-hydrogen) atoms. The number of rotatable bonds is 9. The maximum atomic E-state index is 11.9. The van der Waals surface area contributed by atoms with Crippen molar-refractivity contribution in [1.29, 1.82) is 0 Å². The molecule has 136 valence electrons. The standard InChI is InChI=1S/C18H24N2O5/c1-3-25-13(21)10-8-6-4-5-7-9-12-14-15(16(22)11(2)19-12)18(24)20-17(14)23/h22H,3-10H2,1-2H3,(H,20,23,24). The number of fused-ring (bicyclic) bond motifs is 1. The van der Waals surface area contributed by atoms with E-state index in [4.69, 9.17) is 4.74 Å². The number of aryl methyl sites for hydroxylation is 2. The number of imide groups is 1. The third kappa shape index (κ3) is 4.55. The van der Waals surface area contributed by atoms with Gasteiger partial charge in [-0.25, -0.2) is 0 Å². The van der Waals surface area contributed by atoms with Gasteiger partial charge in [-0.3, -0.25) is 24.7 Å². The number of amides is 2. The molecule has 0 unspecified atom stereocenters. The number of pyridine rings is 1. The van der Waals surface area contributed by atoms with Crippen molar-refractivity contribution in [2.45, 2.75) is 58.8 Å². The topological polar surface area (TPSA) is 106 Å². The smallest absolute Gasteiger partial charge is 0.305 e. The van der Waals surface area contributed by atoms with Crippen molar-refractivity contribution in [2.24, 2.45) is 0 Å². The first-order valence-corrected chi connectivity index (χ1v) is 8.69. The summed E-state index contributed by atoms with van der Waals surface area (Å²) >= 11 is 0. The summed E-state index contributed by atoms with van der Waals surface area (Å²) in [6.45, 7) is 3.82. The lowest BCUT2D eigenvalue weighted by molar-refractivity contribution is -0.143. The van der Waals surface area contributed by atoms with Crippen molar-refractivity contribution in [1.82, 2.24) is 10.3 Å². The normalized spacial score (nSPS) is 12.9. The number of hydrogen-bond acceptors (Lipinski definition) is 6. The lowest BCUT2D eigenvalue weighted by Crippen LogP contribution is -2.20. The van der Waals surface area contributed by atoms with E-state index in [1.165, 1.54) is 0 Å². The van der Waals surface area contributed by atoms with Gasteiger partial charge in [0.2, 0.25) is 0 Å². The summed E-state index contributed by atoms with van der Waals surface area (Å²) in [7, 11) is 0. The molecule has 0 bridgehead atoms. The second-order valence-corrected chi connectivity index (χ2v) is 6.10. The monoisotopic (exact) mass is 348 g/mol. The number of unbranched alkanes of at least 4 members (excludes halogenated alkanes) is 4. The van der Waals surface area contributed by atoms with E-state index >= 15 is 0 Å². The molecule has 0 saturated carbocycles. The number of ether oxygens (including phenoxy) is 1. The van der Waals surface area contributed by atoms with Crippen LogP contribution >= 0.6 is 0 Å². The molecular weight excluding hydrogens is 324 g/mol. The third-order valence-corrected chi connectivity index (χ3v) is 4.20. The zero-order valence-corrected chi connectivity index (χ0v) is 14.7. The second-order valence-electron chi connectivity index (χ2n) is 6.10. The van der Waals surface area contributed by atoms with E-state index < -0.39 is 11.8 Å². The summed E-state index contributed by atoms with van der Waals surface area (Å²) in [6, 6.07) is 0. The molecule has 0 fully saturated rings. The average molecular weight is 348 g/mol. The number of carbonyl (C=O) groups is 3. The number of aromatic nitrogens is 1. The Hall–Kier alpha value is -2.44. The van der Waals surface area contributed by atoms with Crippen LogP contribution in [-0.2, 0) is 16.0 Å². The minimum absolute atomic E-state index is 0.0435. The van der Waals surface area contributed by atoms with E-state index in [1.807, 2.05) is 0 Å². The van der Waals surface area contributed by atoms with E-state index in [2.05, 4.69) is 10.3 Å². The third-order valence-electron chi connectivity index (χ3n) is 4.20. The Kier molecular flexibility index (Phi) is 6.50. The van der Waals surface area contributed by atoms with Crippen LogP contribution in [0.1, 0.15) is 77.6 Å². The summed E-state index contributed by atoms with van der Waals surface area (Å²) in [5.74, 6) is -1.44. The highest BCUT2D eigenvalue weighted by atomic mass is 16.5. The highest BCUT2D eigenvalue weighted by molar-refractivity contribution is 6.23. The van der Waals surface area contributed by atoms with E-state index in [0.717, 1.165) is 32.1 Å². The first kappa shape index (κ1) is 18.9. The maximum Gasteiger partial charge on any atom is 0.305 e. The second kappa shape index (κ2) is 8.60. The molecule has 2 heterocycles. The summed E-state index contributed by atoms with van der Waals surface area (Å²) < 4.78 is 4.88. The van der Waals surface area contributed by atoms with Crippen LogP contribution in [0.2, 0.25) is 0 Å². The van der Waals surface area contributed by atoms with Gasteiger partial charge in [0.15, 0.2) is 0 Å². The average Bonchev–Trinajstić information content (AvgIpc) is 2.86. The zero-order chi connectivity index (χ0) is 18.4. The Morgan fingerprint density at radius 3 is 2.44 bits per heavy atom. The van der Waals surface area contributed by atoms with Crippen LogP contribution in [0.25, 0.3) is 0 Å². The minimum atomic E-state index is -0.566. The lowest BCUT2D eigenvalue weighted by Gasteiger charge is -2.09. The van der Waals surface area contributed by atoms with Crippen molar-refractivity contribution >= 4 is 17.8 Å². The van der Waals surface area contributed by atoms with Crippen molar-refractivity contribution in [3.8, 4) is 5.75 Å². The summed E-state index contributed by atoms with van der Waals surface area (Å²) in [6.07, 6.45) is 5.51. The van der Waals surface area contributed by atoms with Gasteiger partial charge in [0.25, 0.3) is 11.8 Å². The van der Waals surface area contributed by atoms with Gasteiger partial charge in [-0.15, -0.1) is 0 Å². The molecule has 1 aliphatic rings. The van der Waals surface area contributed by atoms with Crippen molar-refractivity contribution in [3.63, 3.8) is 0 Å². The zero-order valence-electron chi connectivity index (χ0n) is 14.7. The molecule has 0 aromatic carbocycles. The van der Waals surface area contributed by atoms with Crippen LogP contribution < -0.4 is 5.32 Å². The van der Waals surface area contributed by atoms with Crippen LogP contribution in [0.4, 0.5) is 0 Å². The fourth-order valence-corrected chi connectivity index (χ4v) is 2.95. The van der Waals surface area contributed by atoms with Gasteiger partial charge in [-0.1, -0.05) is 19.3 Å². The Balaban J connectivity index is 1.83. The summed E-state index contributed by atoms with van der Waals surface area (Å²) in [5.41, 5.74) is 1.16. The van der Waals surface area contributed by atoms with Gasteiger partial charge < -0.3 is 9.84 Å². The molecule has 0 radical (unpaired) electrons. The number of nitrogens with zero attached hydrogens (tertiary/aromatic N) is 1. The van der Waals surface area contributed by atoms with E-state index in [1.54, 1.807) is 13.8 Å². The predicted molar refractivity (Wildman–Crippen MR) is 90.5 cm³/mol. The quantitative estimate of drug-likeness (QED) is 0.403. The van der Waals surface area contributed by atoms with Crippen LogP contribution in [0.5, 0.6) is 5.75 Å². The molecule has 7 heteroatoms. The first-order chi connectivity index (χ1) is 12.0. The number of esters is 1. The Bertz CT molecular complexity index is 685. The Morgan fingerprint density at radius 2 is 1.72 bits per heavy atom. The highest BCUT2D eigenvalue weighted by Gasteiger charge is 2.34. The Labute approximate surface area is 146 Å². The maximum absolute atomic E-state index is 11.9. The van der Waals surface area contributed by atoms with Gasteiger partial charge in [-0.05, 0) is 33.1 Å². The van der Waals surface area contributed by atoms with Crippen molar-refractivity contribution in [3.05, 3.63) is 22.5 Å². The van der Waals surface area contributed by atoms with Gasteiger partial charge in [-0.2, -0.15) is 0 Å². The molecule has 0 saturated heterocycles. The van der Waals surface area contributed by atoms with E-state index in [-0.39, 0.29) is 22.8 Å². The minimum Gasteiger partial charge on any atom is -0.505 e. The van der Waals surface area contributed by atoms with Gasteiger partial charge in [0, 0.05) is 6.42 Å². The van der Waals surface area contributed by atoms with Crippen LogP contribution in [0.3, 0.4) is 0 Å². The number of nitrogens with one attached hydrogen (secondary N) is 1. The lowest BCUT2D eigenvalue weighted by atomic mass is 10.0. The Morgan fingerprint density at radius 1 is 1.08 bits per heavy atom.